The maximum absolute atomic E-state index is 11.6. The largest absolute Gasteiger partial charge is 0.461 e. The molecule has 1 aliphatic carbocycles. The lowest BCUT2D eigenvalue weighted by Gasteiger charge is -2.37. The average Bonchev–Trinajstić information content (AvgIpc) is 2.26. The van der Waals surface area contributed by atoms with Crippen LogP contribution in [0.3, 0.4) is 0 Å². The molecule has 16 heavy (non-hydrogen) atoms. The number of hydrogen-bond acceptors (Lipinski definition) is 3. The quantitative estimate of drug-likeness (QED) is 0.362. The maximum Gasteiger partial charge on any atom is 0.306 e. The zero-order chi connectivity index (χ0) is 12.0. The van der Waals surface area contributed by atoms with Crippen molar-refractivity contribution in [3.05, 3.63) is 12.7 Å². The van der Waals surface area contributed by atoms with Gasteiger partial charge < -0.3 is 10.5 Å². The van der Waals surface area contributed by atoms with Crippen LogP contribution in [-0.4, -0.2) is 23.0 Å². The van der Waals surface area contributed by atoms with Gasteiger partial charge in [0.1, 0.15) is 6.61 Å². The van der Waals surface area contributed by atoms with Crippen molar-refractivity contribution in [1.29, 1.82) is 0 Å². The summed E-state index contributed by atoms with van der Waals surface area (Å²) in [5, 5.41) is 0. The molecule has 0 aromatic carbocycles. The van der Waals surface area contributed by atoms with Gasteiger partial charge in [-0.15, -0.1) is 0 Å². The Morgan fingerprint density at radius 1 is 1.69 bits per heavy atom. The molecule has 3 nitrogen and oxygen atoms in total. The van der Waals surface area contributed by atoms with E-state index in [4.69, 9.17) is 10.5 Å². The van der Waals surface area contributed by atoms with Crippen molar-refractivity contribution in [3.8, 4) is 0 Å². The van der Waals surface area contributed by atoms with E-state index in [9.17, 15) is 4.79 Å². The van der Waals surface area contributed by atoms with Gasteiger partial charge in [-0.1, -0.05) is 41.7 Å². The summed E-state index contributed by atoms with van der Waals surface area (Å²) < 4.78 is 5.68. The Hall–Kier alpha value is -0.100. The summed E-state index contributed by atoms with van der Waals surface area (Å²) in [6.45, 7) is 4.40. The van der Waals surface area contributed by atoms with Crippen LogP contribution in [0, 0.1) is 5.41 Å². The second-order valence-electron chi connectivity index (χ2n) is 4.55. The summed E-state index contributed by atoms with van der Waals surface area (Å²) in [6, 6.07) is 0. The van der Waals surface area contributed by atoms with E-state index in [2.05, 4.69) is 29.2 Å². The molecule has 4 heteroatoms. The number of ether oxygens (including phenoxy) is 1. The minimum Gasteiger partial charge on any atom is -0.461 e. The average molecular weight is 341 g/mol. The van der Waals surface area contributed by atoms with Crippen molar-refractivity contribution in [1.82, 2.24) is 0 Å². The Bertz CT molecular complexity index is 257. The smallest absolute Gasteiger partial charge is 0.306 e. The second kappa shape index (κ2) is 6.59. The normalized spacial score (nSPS) is 29.8. The maximum atomic E-state index is 11.6. The molecule has 0 aromatic rings. The van der Waals surface area contributed by atoms with E-state index >= 15 is 0 Å². The minimum absolute atomic E-state index is 0.0254. The SMILES string of the molecule is C=CCOC(=O)CC1(CN)CCCC([131I])C1. The Morgan fingerprint density at radius 3 is 3.00 bits per heavy atom. The first kappa shape index (κ1) is 14.0. The summed E-state index contributed by atoms with van der Waals surface area (Å²) >= 11 is 2.46. The summed E-state index contributed by atoms with van der Waals surface area (Å²) in [5.41, 5.74) is 5.82. The van der Waals surface area contributed by atoms with E-state index in [1.807, 2.05) is 0 Å². The first-order valence-corrected chi connectivity index (χ1v) is 6.97. The summed E-state index contributed by atoms with van der Waals surface area (Å²) in [7, 11) is 0. The van der Waals surface area contributed by atoms with Crippen LogP contribution in [0.25, 0.3) is 0 Å². The van der Waals surface area contributed by atoms with Gasteiger partial charge in [-0.2, -0.15) is 0 Å². The molecule has 1 aliphatic rings. The molecule has 2 N–H and O–H groups in total. The summed E-state index contributed by atoms with van der Waals surface area (Å²) in [6.07, 6.45) is 6.54. The number of alkyl halides is 1. The van der Waals surface area contributed by atoms with E-state index in [0.29, 0.717) is 23.5 Å². The van der Waals surface area contributed by atoms with E-state index in [-0.39, 0.29) is 11.4 Å². The molecule has 1 saturated carbocycles. The number of rotatable bonds is 5. The van der Waals surface area contributed by atoms with Crippen LogP contribution in [0.15, 0.2) is 12.7 Å². The van der Waals surface area contributed by atoms with Crippen molar-refractivity contribution in [2.75, 3.05) is 13.2 Å². The van der Waals surface area contributed by atoms with Gasteiger partial charge in [0.15, 0.2) is 0 Å². The molecule has 2 atom stereocenters. The molecule has 0 aromatic heterocycles. The van der Waals surface area contributed by atoms with Crippen LogP contribution in [0.1, 0.15) is 32.1 Å². The van der Waals surface area contributed by atoms with Crippen molar-refractivity contribution >= 4 is 28.6 Å². The first-order valence-electron chi connectivity index (χ1n) is 5.72. The van der Waals surface area contributed by atoms with Crippen LogP contribution in [-0.2, 0) is 9.53 Å². The second-order valence-corrected chi connectivity index (χ2v) is 6.31. The molecule has 0 spiro atoms. The molecule has 2 unspecified atom stereocenters. The fraction of sp³-hybridized carbons (Fsp3) is 0.750. The highest BCUT2D eigenvalue weighted by Gasteiger charge is 2.36. The van der Waals surface area contributed by atoms with Crippen molar-refractivity contribution in [2.45, 2.75) is 36.0 Å². The van der Waals surface area contributed by atoms with Gasteiger partial charge in [0.2, 0.25) is 0 Å². The van der Waals surface area contributed by atoms with Crippen molar-refractivity contribution in [2.24, 2.45) is 11.1 Å². The van der Waals surface area contributed by atoms with Crippen LogP contribution in [0.4, 0.5) is 0 Å². The number of esters is 1. The van der Waals surface area contributed by atoms with Crippen LogP contribution in [0.2, 0.25) is 0 Å². The van der Waals surface area contributed by atoms with Gasteiger partial charge in [0.05, 0.1) is 6.42 Å². The predicted octanol–water partition coefficient (Wildman–Crippen LogP) is 2.43. The fourth-order valence-electron chi connectivity index (χ4n) is 2.30. The van der Waals surface area contributed by atoms with Gasteiger partial charge in [0, 0.05) is 3.92 Å². The molecule has 0 amide bonds. The Kier molecular flexibility index (Phi) is 5.75. The molecule has 0 heterocycles. The minimum atomic E-state index is -0.143. The highest BCUT2D eigenvalue weighted by atomic mass is 131. The van der Waals surface area contributed by atoms with Gasteiger partial charge >= 0.3 is 5.97 Å². The molecular weight excluding hydrogens is 321 g/mol. The molecule has 1 fully saturated rings. The number of hydrogen-bond donors (Lipinski definition) is 1. The third-order valence-electron chi connectivity index (χ3n) is 3.19. The molecule has 0 bridgehead atoms. The lowest BCUT2D eigenvalue weighted by atomic mass is 9.72. The van der Waals surface area contributed by atoms with Gasteiger partial charge in [-0.05, 0) is 31.2 Å². The number of carbonyl (C=O) groups is 1. The highest BCUT2D eigenvalue weighted by Crippen LogP contribution is 2.41. The van der Waals surface area contributed by atoms with Crippen LogP contribution in [0.5, 0.6) is 0 Å². The van der Waals surface area contributed by atoms with E-state index in [1.165, 1.54) is 12.8 Å². The van der Waals surface area contributed by atoms with Gasteiger partial charge in [-0.3, -0.25) is 4.79 Å². The monoisotopic (exact) mass is 341 g/mol. The lowest BCUT2D eigenvalue weighted by Crippen LogP contribution is -2.38. The van der Waals surface area contributed by atoms with Crippen LogP contribution >= 0.6 is 22.6 Å². The van der Waals surface area contributed by atoms with E-state index < -0.39 is 0 Å². The van der Waals surface area contributed by atoms with Gasteiger partial charge in [-0.25, -0.2) is 0 Å². The molecule has 0 saturated heterocycles. The highest BCUT2D eigenvalue weighted by molar-refractivity contribution is 14.1. The van der Waals surface area contributed by atoms with E-state index in [1.54, 1.807) is 6.08 Å². The molecule has 0 radical (unpaired) electrons. The third kappa shape index (κ3) is 4.05. The Balaban J connectivity index is 2.51. The van der Waals surface area contributed by atoms with Gasteiger partial charge in [0.25, 0.3) is 0 Å². The Morgan fingerprint density at radius 2 is 2.44 bits per heavy atom. The predicted molar refractivity (Wildman–Crippen MR) is 73.5 cm³/mol. The van der Waals surface area contributed by atoms with E-state index in [0.717, 1.165) is 12.8 Å². The standard InChI is InChI=1S/C12H20INO2/c1-2-6-16-11(15)8-12(9-14)5-3-4-10(13)7-12/h2,10H,1,3-9,14H2/i13+4. The number of carbonyl (C=O) groups excluding carboxylic acids is 1. The summed E-state index contributed by atoms with van der Waals surface area (Å²) in [5.74, 6) is -0.143. The fourth-order valence-corrected chi connectivity index (χ4v) is 3.67. The van der Waals surface area contributed by atoms with Crippen molar-refractivity contribution in [3.63, 3.8) is 0 Å². The number of nitrogens with two attached hydrogens (primary N) is 1. The zero-order valence-electron chi connectivity index (χ0n) is 9.58. The zero-order valence-corrected chi connectivity index (χ0v) is 11.7. The topological polar surface area (TPSA) is 52.3 Å². The van der Waals surface area contributed by atoms with Crippen LogP contribution < -0.4 is 5.73 Å². The molecule has 92 valence electrons. The summed E-state index contributed by atoms with van der Waals surface area (Å²) in [4.78, 5) is 11.6. The molecule has 1 rings (SSSR count). The van der Waals surface area contributed by atoms with Crippen molar-refractivity contribution < 1.29 is 9.53 Å². The first-order chi connectivity index (χ1) is 7.62. The Labute approximate surface area is 111 Å². The molecule has 0 aliphatic heterocycles. The molecular formula is C12H20INO2. The third-order valence-corrected chi connectivity index (χ3v) is 4.26. The number of halogens is 1. The lowest BCUT2D eigenvalue weighted by molar-refractivity contribution is -0.145.